The van der Waals surface area contributed by atoms with Crippen LogP contribution in [-0.2, 0) is 4.74 Å². The Morgan fingerprint density at radius 3 is 2.65 bits per heavy atom. The smallest absolute Gasteiger partial charge is 0.317 e. The molecule has 0 saturated carbocycles. The molecule has 1 aromatic rings. The maximum absolute atomic E-state index is 13.0. The summed E-state index contributed by atoms with van der Waals surface area (Å²) in [5.41, 5.74) is 1.07. The Bertz CT molecular complexity index is 575. The summed E-state index contributed by atoms with van der Waals surface area (Å²) in [4.78, 5) is 18.8. The Labute approximate surface area is 154 Å². The van der Waals surface area contributed by atoms with Crippen LogP contribution >= 0.6 is 0 Å². The van der Waals surface area contributed by atoms with Gasteiger partial charge in [0.15, 0.2) is 0 Å². The monoisotopic (exact) mass is 364 g/mol. The first-order valence-electron chi connectivity index (χ1n) is 9.45. The zero-order valence-electron chi connectivity index (χ0n) is 15.5. The van der Waals surface area contributed by atoms with Crippen LogP contribution < -0.4 is 10.2 Å². The molecule has 2 amide bonds. The molecule has 0 aromatic heterocycles. The molecule has 6 nitrogen and oxygen atoms in total. The first-order chi connectivity index (χ1) is 12.6. The summed E-state index contributed by atoms with van der Waals surface area (Å²) in [5, 5.41) is 3.03. The second-order valence-electron chi connectivity index (χ2n) is 7.16. The van der Waals surface area contributed by atoms with Crippen molar-refractivity contribution in [3.8, 4) is 0 Å². The minimum Gasteiger partial charge on any atom is -0.379 e. The third-order valence-electron chi connectivity index (χ3n) is 5.00. The van der Waals surface area contributed by atoms with Crippen LogP contribution in [0.25, 0.3) is 0 Å². The van der Waals surface area contributed by atoms with Gasteiger partial charge >= 0.3 is 6.03 Å². The maximum Gasteiger partial charge on any atom is 0.317 e. The van der Waals surface area contributed by atoms with Crippen LogP contribution in [0.1, 0.15) is 6.92 Å². The Kier molecular flexibility index (Phi) is 6.68. The van der Waals surface area contributed by atoms with Gasteiger partial charge in [0.25, 0.3) is 0 Å². The first-order valence-corrected chi connectivity index (χ1v) is 9.45. The second kappa shape index (κ2) is 9.19. The van der Waals surface area contributed by atoms with Gasteiger partial charge in [0.1, 0.15) is 5.82 Å². The summed E-state index contributed by atoms with van der Waals surface area (Å²) in [5.74, 6) is 0.177. The van der Waals surface area contributed by atoms with E-state index in [-0.39, 0.29) is 11.8 Å². The lowest BCUT2D eigenvalue weighted by Gasteiger charge is -2.36. The summed E-state index contributed by atoms with van der Waals surface area (Å²) in [6.07, 6.45) is 0. The molecule has 1 N–H and O–H groups in total. The van der Waals surface area contributed by atoms with Gasteiger partial charge in [-0.05, 0) is 30.2 Å². The van der Waals surface area contributed by atoms with Gasteiger partial charge in [0.05, 0.1) is 13.2 Å². The average molecular weight is 364 g/mol. The molecule has 1 atom stereocenters. The quantitative estimate of drug-likeness (QED) is 0.882. The number of hydrogen-bond donors (Lipinski definition) is 1. The third kappa shape index (κ3) is 5.32. The van der Waals surface area contributed by atoms with Crippen LogP contribution in [0.3, 0.4) is 0 Å². The molecule has 0 spiro atoms. The number of piperazine rings is 1. The third-order valence-corrected chi connectivity index (χ3v) is 5.00. The molecule has 2 heterocycles. The first kappa shape index (κ1) is 18.9. The van der Waals surface area contributed by atoms with E-state index < -0.39 is 0 Å². The van der Waals surface area contributed by atoms with E-state index in [4.69, 9.17) is 4.74 Å². The van der Waals surface area contributed by atoms with E-state index in [1.54, 1.807) is 0 Å². The number of amides is 2. The minimum absolute atomic E-state index is 0.00676. The van der Waals surface area contributed by atoms with Crippen molar-refractivity contribution in [2.45, 2.75) is 6.92 Å². The molecule has 0 bridgehead atoms. The molecule has 144 valence electrons. The second-order valence-corrected chi connectivity index (χ2v) is 7.16. The summed E-state index contributed by atoms with van der Waals surface area (Å²) >= 11 is 0. The van der Waals surface area contributed by atoms with Gasteiger partial charge in [-0.15, -0.1) is 0 Å². The fourth-order valence-corrected chi connectivity index (χ4v) is 3.48. The number of carbonyl (C=O) groups is 1. The van der Waals surface area contributed by atoms with Gasteiger partial charge in [-0.2, -0.15) is 0 Å². The fourth-order valence-electron chi connectivity index (χ4n) is 3.48. The Hall–Kier alpha value is -1.86. The largest absolute Gasteiger partial charge is 0.379 e. The highest BCUT2D eigenvalue weighted by Gasteiger charge is 2.20. The Morgan fingerprint density at radius 2 is 1.92 bits per heavy atom. The van der Waals surface area contributed by atoms with Crippen molar-refractivity contribution in [2.75, 3.05) is 70.5 Å². The van der Waals surface area contributed by atoms with Crippen molar-refractivity contribution in [3.05, 3.63) is 30.1 Å². The zero-order valence-corrected chi connectivity index (χ0v) is 15.5. The molecule has 1 unspecified atom stereocenters. The maximum atomic E-state index is 13.0. The van der Waals surface area contributed by atoms with E-state index in [1.165, 1.54) is 12.1 Å². The number of halogens is 1. The number of rotatable bonds is 4. The van der Waals surface area contributed by atoms with Gasteiger partial charge in [0.2, 0.25) is 0 Å². The topological polar surface area (TPSA) is 48.1 Å². The molecule has 0 radical (unpaired) electrons. The Balaban J connectivity index is 1.36. The summed E-state index contributed by atoms with van der Waals surface area (Å²) < 4.78 is 18.5. The van der Waals surface area contributed by atoms with E-state index in [9.17, 15) is 9.18 Å². The molecule has 2 saturated heterocycles. The SMILES string of the molecule is CC1COCCN(C(=O)NCCN2CCN(c3ccc(F)cc3)CC2)C1. The number of nitrogens with zero attached hydrogens (tertiary/aromatic N) is 3. The van der Waals surface area contributed by atoms with Gasteiger partial charge in [-0.25, -0.2) is 9.18 Å². The number of urea groups is 1. The number of hydrogen-bond acceptors (Lipinski definition) is 4. The van der Waals surface area contributed by atoms with E-state index in [2.05, 4.69) is 22.0 Å². The normalized spacial score (nSPS) is 22.2. The molecule has 2 aliphatic heterocycles. The molecular formula is C19H29FN4O2. The summed E-state index contributed by atoms with van der Waals surface area (Å²) in [7, 11) is 0. The van der Waals surface area contributed by atoms with Gasteiger partial charge in [-0.1, -0.05) is 6.92 Å². The number of nitrogens with one attached hydrogen (secondary N) is 1. The van der Waals surface area contributed by atoms with E-state index in [1.807, 2.05) is 17.0 Å². The van der Waals surface area contributed by atoms with E-state index >= 15 is 0 Å². The number of carbonyl (C=O) groups excluding carboxylic acids is 1. The van der Waals surface area contributed by atoms with Crippen molar-refractivity contribution in [1.82, 2.24) is 15.1 Å². The van der Waals surface area contributed by atoms with Crippen molar-refractivity contribution in [3.63, 3.8) is 0 Å². The molecule has 0 aliphatic carbocycles. The van der Waals surface area contributed by atoms with Crippen molar-refractivity contribution < 1.29 is 13.9 Å². The highest BCUT2D eigenvalue weighted by molar-refractivity contribution is 5.74. The summed E-state index contributed by atoms with van der Waals surface area (Å²) in [6.45, 7) is 10.1. The standard InChI is InChI=1S/C19H29FN4O2/c1-16-14-24(12-13-26-15-16)19(25)21-6-7-22-8-10-23(11-9-22)18-4-2-17(20)3-5-18/h2-5,16H,6-15H2,1H3,(H,21,25). The number of benzene rings is 1. The Morgan fingerprint density at radius 1 is 1.19 bits per heavy atom. The number of anilines is 1. The lowest BCUT2D eigenvalue weighted by atomic mass is 10.2. The van der Waals surface area contributed by atoms with Gasteiger partial charge in [-0.3, -0.25) is 4.90 Å². The van der Waals surface area contributed by atoms with E-state index in [0.29, 0.717) is 25.6 Å². The predicted octanol–water partition coefficient (Wildman–Crippen LogP) is 1.63. The van der Waals surface area contributed by atoms with E-state index in [0.717, 1.165) is 51.6 Å². The van der Waals surface area contributed by atoms with Crippen molar-refractivity contribution in [2.24, 2.45) is 5.92 Å². The molecule has 26 heavy (non-hydrogen) atoms. The lowest BCUT2D eigenvalue weighted by Crippen LogP contribution is -2.50. The van der Waals surface area contributed by atoms with Crippen molar-refractivity contribution in [1.29, 1.82) is 0 Å². The average Bonchev–Trinajstić information content (AvgIpc) is 2.87. The predicted molar refractivity (Wildman–Crippen MR) is 100 cm³/mol. The highest BCUT2D eigenvalue weighted by Crippen LogP contribution is 2.16. The highest BCUT2D eigenvalue weighted by atomic mass is 19.1. The number of ether oxygens (including phenoxy) is 1. The van der Waals surface area contributed by atoms with Crippen LogP contribution in [0.4, 0.5) is 14.9 Å². The molecule has 3 rings (SSSR count). The van der Waals surface area contributed by atoms with Gasteiger partial charge < -0.3 is 19.9 Å². The molecule has 2 aliphatic rings. The molecule has 1 aromatic carbocycles. The van der Waals surface area contributed by atoms with Crippen LogP contribution in [0.15, 0.2) is 24.3 Å². The molecule has 7 heteroatoms. The fraction of sp³-hybridized carbons (Fsp3) is 0.632. The van der Waals surface area contributed by atoms with Crippen LogP contribution in [0.2, 0.25) is 0 Å². The van der Waals surface area contributed by atoms with Crippen molar-refractivity contribution >= 4 is 11.7 Å². The van der Waals surface area contributed by atoms with Crippen LogP contribution in [0, 0.1) is 11.7 Å². The van der Waals surface area contributed by atoms with Gasteiger partial charge in [0, 0.05) is 58.0 Å². The summed E-state index contributed by atoms with van der Waals surface area (Å²) in [6, 6.07) is 6.68. The minimum atomic E-state index is -0.200. The van der Waals surface area contributed by atoms with Crippen LogP contribution in [0.5, 0.6) is 0 Å². The lowest BCUT2D eigenvalue weighted by molar-refractivity contribution is 0.126. The molecule has 2 fully saturated rings. The molecular weight excluding hydrogens is 335 g/mol. The van der Waals surface area contributed by atoms with Crippen LogP contribution in [-0.4, -0.2) is 81.4 Å². The zero-order chi connectivity index (χ0) is 18.4.